The molecular weight excluding hydrogens is 310 g/mol. The minimum atomic E-state index is 0.533. The van der Waals surface area contributed by atoms with Crippen LogP contribution in [0.25, 0.3) is 0 Å². The van der Waals surface area contributed by atoms with Gasteiger partial charge in [0.15, 0.2) is 5.11 Å². The van der Waals surface area contributed by atoms with Crippen molar-refractivity contribution in [2.24, 2.45) is 5.10 Å². The Labute approximate surface area is 121 Å². The number of hydrogen-bond acceptors (Lipinski definition) is 2. The van der Waals surface area contributed by atoms with Crippen molar-refractivity contribution in [3.63, 3.8) is 0 Å². The van der Waals surface area contributed by atoms with Crippen LogP contribution in [0.5, 0.6) is 0 Å². The fourth-order valence-electron chi connectivity index (χ4n) is 1.93. The summed E-state index contributed by atoms with van der Waals surface area (Å²) in [5.74, 6) is 0. The van der Waals surface area contributed by atoms with Gasteiger partial charge in [-0.1, -0.05) is 28.4 Å². The van der Waals surface area contributed by atoms with E-state index in [1.807, 2.05) is 24.3 Å². The smallest absolute Gasteiger partial charge is 0.191 e. The molecule has 0 spiro atoms. The largest absolute Gasteiger partial charge is 0.331 e. The number of halogens is 1. The Kier molecular flexibility index (Phi) is 5.13. The van der Waals surface area contributed by atoms with Gasteiger partial charge in [-0.25, -0.2) is 0 Å². The van der Waals surface area contributed by atoms with E-state index < -0.39 is 0 Å². The second kappa shape index (κ2) is 6.85. The lowest BCUT2D eigenvalue weighted by molar-refractivity contribution is 0.661. The fourth-order valence-corrected chi connectivity index (χ4v) is 2.49. The van der Waals surface area contributed by atoms with Crippen molar-refractivity contribution in [3.8, 4) is 0 Å². The third kappa shape index (κ3) is 4.38. The lowest BCUT2D eigenvalue weighted by Gasteiger charge is -2.13. The summed E-state index contributed by atoms with van der Waals surface area (Å²) in [5.41, 5.74) is 5.08. The summed E-state index contributed by atoms with van der Waals surface area (Å²) >= 11 is 8.63. The molecule has 1 saturated carbocycles. The van der Waals surface area contributed by atoms with Gasteiger partial charge in [0, 0.05) is 15.9 Å². The lowest BCUT2D eigenvalue weighted by atomic mass is 9.99. The average Bonchev–Trinajstić information content (AvgIpc) is 2.38. The highest BCUT2D eigenvalue weighted by atomic mass is 79.9. The molecule has 1 aromatic carbocycles. The Morgan fingerprint density at radius 2 is 2.00 bits per heavy atom. The molecule has 1 aromatic rings. The number of nitrogens with zero attached hydrogens (tertiary/aromatic N) is 1. The highest BCUT2D eigenvalue weighted by molar-refractivity contribution is 9.10. The van der Waals surface area contributed by atoms with Crippen LogP contribution in [-0.2, 0) is 0 Å². The first kappa shape index (κ1) is 13.5. The van der Waals surface area contributed by atoms with Crippen molar-refractivity contribution in [1.82, 2.24) is 5.43 Å². The zero-order valence-electron chi connectivity index (χ0n) is 10.1. The molecule has 0 radical (unpaired) electrons. The van der Waals surface area contributed by atoms with Gasteiger partial charge < -0.3 is 5.32 Å². The average molecular weight is 326 g/mol. The van der Waals surface area contributed by atoms with Crippen LogP contribution in [0.4, 0.5) is 5.69 Å². The standard InChI is InChI=1S/C13H16BrN3S/c14-10-5-4-8-12(9-10)15-13(18)17-16-11-6-2-1-3-7-11/h4-5,8-9H,1-3,6-7H2,(H2,15,17,18). The SMILES string of the molecule is S=C(NN=C1CCCCC1)Nc1cccc(Br)c1. The zero-order chi connectivity index (χ0) is 12.8. The second-order valence-corrected chi connectivity index (χ2v) is 5.64. The fraction of sp³-hybridized carbons (Fsp3) is 0.385. The van der Waals surface area contributed by atoms with Crippen LogP contribution in [0.1, 0.15) is 32.1 Å². The van der Waals surface area contributed by atoms with E-state index in [1.54, 1.807) is 0 Å². The van der Waals surface area contributed by atoms with Gasteiger partial charge in [0.1, 0.15) is 0 Å². The molecule has 5 heteroatoms. The van der Waals surface area contributed by atoms with Crippen molar-refractivity contribution in [2.75, 3.05) is 5.32 Å². The van der Waals surface area contributed by atoms with E-state index in [0.717, 1.165) is 23.0 Å². The van der Waals surface area contributed by atoms with Crippen LogP contribution in [0.3, 0.4) is 0 Å². The zero-order valence-corrected chi connectivity index (χ0v) is 12.5. The Balaban J connectivity index is 1.85. The van der Waals surface area contributed by atoms with E-state index in [1.165, 1.54) is 25.0 Å². The Morgan fingerprint density at radius 3 is 2.72 bits per heavy atom. The van der Waals surface area contributed by atoms with Crippen LogP contribution in [0.2, 0.25) is 0 Å². The number of nitrogens with one attached hydrogen (secondary N) is 2. The van der Waals surface area contributed by atoms with Crippen molar-refractivity contribution in [2.45, 2.75) is 32.1 Å². The molecule has 0 aromatic heterocycles. The first-order chi connectivity index (χ1) is 8.74. The summed E-state index contributed by atoms with van der Waals surface area (Å²) in [6, 6.07) is 7.88. The quantitative estimate of drug-likeness (QED) is 0.636. The van der Waals surface area contributed by atoms with Gasteiger partial charge in [0.05, 0.1) is 0 Å². The van der Waals surface area contributed by atoms with Gasteiger partial charge in [0.2, 0.25) is 0 Å². The molecule has 2 N–H and O–H groups in total. The van der Waals surface area contributed by atoms with Crippen molar-refractivity contribution < 1.29 is 0 Å². The van der Waals surface area contributed by atoms with Crippen LogP contribution < -0.4 is 10.7 Å². The number of benzene rings is 1. The van der Waals surface area contributed by atoms with E-state index in [-0.39, 0.29) is 0 Å². The highest BCUT2D eigenvalue weighted by Crippen LogP contribution is 2.16. The maximum Gasteiger partial charge on any atom is 0.191 e. The molecule has 0 saturated heterocycles. The van der Waals surface area contributed by atoms with Gasteiger partial charge in [-0.05, 0) is 56.1 Å². The van der Waals surface area contributed by atoms with E-state index in [9.17, 15) is 0 Å². The van der Waals surface area contributed by atoms with Gasteiger partial charge in [-0.3, -0.25) is 5.43 Å². The molecular formula is C13H16BrN3S. The third-order valence-electron chi connectivity index (χ3n) is 2.83. The van der Waals surface area contributed by atoms with E-state index in [4.69, 9.17) is 12.2 Å². The molecule has 2 rings (SSSR count). The number of hydrogen-bond donors (Lipinski definition) is 2. The molecule has 0 bridgehead atoms. The van der Waals surface area contributed by atoms with Gasteiger partial charge in [0.25, 0.3) is 0 Å². The van der Waals surface area contributed by atoms with Crippen LogP contribution in [0, 0.1) is 0 Å². The van der Waals surface area contributed by atoms with Crippen molar-refractivity contribution >= 4 is 44.7 Å². The lowest BCUT2D eigenvalue weighted by Crippen LogP contribution is -2.25. The molecule has 0 heterocycles. The van der Waals surface area contributed by atoms with Crippen LogP contribution in [-0.4, -0.2) is 10.8 Å². The second-order valence-electron chi connectivity index (χ2n) is 4.31. The van der Waals surface area contributed by atoms with Crippen LogP contribution >= 0.6 is 28.1 Å². The maximum absolute atomic E-state index is 5.20. The number of rotatable bonds is 2. The summed E-state index contributed by atoms with van der Waals surface area (Å²) in [7, 11) is 0. The summed E-state index contributed by atoms with van der Waals surface area (Å²) in [6.45, 7) is 0. The number of hydrazone groups is 1. The first-order valence-corrected chi connectivity index (χ1v) is 7.32. The molecule has 0 amide bonds. The summed E-state index contributed by atoms with van der Waals surface area (Å²) < 4.78 is 1.02. The highest BCUT2D eigenvalue weighted by Gasteiger charge is 2.06. The molecule has 96 valence electrons. The molecule has 0 atom stereocenters. The van der Waals surface area contributed by atoms with Crippen LogP contribution in [0.15, 0.2) is 33.8 Å². The van der Waals surface area contributed by atoms with E-state index in [2.05, 4.69) is 31.8 Å². The van der Waals surface area contributed by atoms with Gasteiger partial charge >= 0.3 is 0 Å². The minimum absolute atomic E-state index is 0.533. The molecule has 1 fully saturated rings. The summed E-state index contributed by atoms with van der Waals surface area (Å²) in [6.07, 6.45) is 5.98. The Bertz CT molecular complexity index is 451. The predicted octanol–water partition coefficient (Wildman–Crippen LogP) is 4.06. The Hall–Kier alpha value is -0.940. The molecule has 3 nitrogen and oxygen atoms in total. The monoisotopic (exact) mass is 325 g/mol. The molecule has 1 aliphatic rings. The summed E-state index contributed by atoms with van der Waals surface area (Å²) in [5, 5.41) is 7.99. The summed E-state index contributed by atoms with van der Waals surface area (Å²) in [4.78, 5) is 0. The maximum atomic E-state index is 5.20. The van der Waals surface area contributed by atoms with Crippen molar-refractivity contribution in [3.05, 3.63) is 28.7 Å². The predicted molar refractivity (Wildman–Crippen MR) is 84.0 cm³/mol. The molecule has 1 aliphatic carbocycles. The third-order valence-corrected chi connectivity index (χ3v) is 3.52. The number of anilines is 1. The molecule has 18 heavy (non-hydrogen) atoms. The first-order valence-electron chi connectivity index (χ1n) is 6.12. The van der Waals surface area contributed by atoms with E-state index >= 15 is 0 Å². The normalized spacial score (nSPS) is 15.1. The van der Waals surface area contributed by atoms with Gasteiger partial charge in [-0.15, -0.1) is 0 Å². The topological polar surface area (TPSA) is 36.4 Å². The van der Waals surface area contributed by atoms with Crippen molar-refractivity contribution in [1.29, 1.82) is 0 Å². The Morgan fingerprint density at radius 1 is 1.22 bits per heavy atom. The minimum Gasteiger partial charge on any atom is -0.331 e. The van der Waals surface area contributed by atoms with Gasteiger partial charge in [-0.2, -0.15) is 5.10 Å². The van der Waals surface area contributed by atoms with E-state index in [0.29, 0.717) is 5.11 Å². The number of thiocarbonyl (C=S) groups is 1. The molecule has 0 unspecified atom stereocenters. The molecule has 0 aliphatic heterocycles.